The van der Waals surface area contributed by atoms with E-state index in [1.54, 1.807) is 17.8 Å². The molecule has 1 aliphatic rings. The highest BCUT2D eigenvalue weighted by Crippen LogP contribution is 2.23. The standard InChI is InChI=1S/C22H25N3O2S/c1-15-10-17(16(2)25(15)14-20-7-5-9-27-20)11-18(13-23)22(26)24-19-6-4-8-21(12-19)28-3/h4,6,8,10-12,20H,5,7,9,14H2,1-3H3,(H,24,26)/b18-11+. The molecule has 0 radical (unpaired) electrons. The highest BCUT2D eigenvalue weighted by molar-refractivity contribution is 7.98. The quantitative estimate of drug-likeness (QED) is 0.443. The van der Waals surface area contributed by atoms with Crippen LogP contribution in [-0.4, -0.2) is 29.4 Å². The van der Waals surface area contributed by atoms with Crippen molar-refractivity contribution in [2.75, 3.05) is 18.2 Å². The third kappa shape index (κ3) is 4.67. The average molecular weight is 396 g/mol. The molecule has 1 amide bonds. The number of nitrogens with one attached hydrogen (secondary N) is 1. The highest BCUT2D eigenvalue weighted by Gasteiger charge is 2.19. The zero-order valence-electron chi connectivity index (χ0n) is 16.5. The molecule has 2 aromatic rings. The molecule has 6 heteroatoms. The Morgan fingerprint density at radius 3 is 2.93 bits per heavy atom. The Hall–Kier alpha value is -2.49. The Labute approximate surface area is 170 Å². The second-order valence-electron chi connectivity index (χ2n) is 6.93. The fourth-order valence-electron chi connectivity index (χ4n) is 3.45. The van der Waals surface area contributed by atoms with E-state index in [0.29, 0.717) is 5.69 Å². The molecule has 1 atom stereocenters. The minimum Gasteiger partial charge on any atom is -0.376 e. The second kappa shape index (κ2) is 9.13. The predicted molar refractivity (Wildman–Crippen MR) is 113 cm³/mol. The number of carbonyl (C=O) groups excluding carboxylic acids is 1. The Morgan fingerprint density at radius 2 is 2.25 bits per heavy atom. The van der Waals surface area contributed by atoms with Gasteiger partial charge in [-0.05, 0) is 68.8 Å². The second-order valence-corrected chi connectivity index (χ2v) is 7.81. The molecule has 1 aromatic carbocycles. The number of aryl methyl sites for hydroxylation is 1. The van der Waals surface area contributed by atoms with E-state index in [1.807, 2.05) is 56.5 Å². The summed E-state index contributed by atoms with van der Waals surface area (Å²) in [5, 5.41) is 12.3. The number of amides is 1. The molecule has 5 nitrogen and oxygen atoms in total. The van der Waals surface area contributed by atoms with Crippen molar-refractivity contribution in [3.8, 4) is 6.07 Å². The van der Waals surface area contributed by atoms with Gasteiger partial charge in [0.2, 0.25) is 0 Å². The Morgan fingerprint density at radius 1 is 1.43 bits per heavy atom. The van der Waals surface area contributed by atoms with Gasteiger partial charge in [0.25, 0.3) is 5.91 Å². The first-order valence-corrected chi connectivity index (χ1v) is 10.6. The van der Waals surface area contributed by atoms with Gasteiger partial charge in [-0.3, -0.25) is 4.79 Å². The summed E-state index contributed by atoms with van der Waals surface area (Å²) in [5.41, 5.74) is 3.80. The van der Waals surface area contributed by atoms with Crippen LogP contribution in [0.1, 0.15) is 29.8 Å². The predicted octanol–water partition coefficient (Wildman–Crippen LogP) is 4.55. The molecule has 0 saturated carbocycles. The van der Waals surface area contributed by atoms with E-state index in [4.69, 9.17) is 4.74 Å². The number of aromatic nitrogens is 1. The number of nitrogens with zero attached hydrogens (tertiary/aromatic N) is 2. The van der Waals surface area contributed by atoms with Crippen molar-refractivity contribution < 1.29 is 9.53 Å². The third-order valence-electron chi connectivity index (χ3n) is 5.02. The topological polar surface area (TPSA) is 67.0 Å². The molecule has 0 bridgehead atoms. The third-order valence-corrected chi connectivity index (χ3v) is 5.74. The van der Waals surface area contributed by atoms with Crippen LogP contribution >= 0.6 is 11.8 Å². The molecule has 3 rings (SSSR count). The maximum absolute atomic E-state index is 12.6. The minimum atomic E-state index is -0.398. The first kappa shape index (κ1) is 20.2. The Balaban J connectivity index is 1.79. The van der Waals surface area contributed by atoms with Gasteiger partial charge in [-0.2, -0.15) is 5.26 Å². The van der Waals surface area contributed by atoms with Gasteiger partial charge in [0.05, 0.1) is 6.10 Å². The minimum absolute atomic E-state index is 0.0897. The fraction of sp³-hybridized carbons (Fsp3) is 0.364. The van der Waals surface area contributed by atoms with Gasteiger partial charge in [0.15, 0.2) is 0 Å². The van der Waals surface area contributed by atoms with Crippen LogP contribution in [0.2, 0.25) is 0 Å². The molecule has 1 saturated heterocycles. The van der Waals surface area contributed by atoms with Crippen molar-refractivity contribution in [3.63, 3.8) is 0 Å². The van der Waals surface area contributed by atoms with Gasteiger partial charge in [0, 0.05) is 35.1 Å². The number of ether oxygens (including phenoxy) is 1. The van der Waals surface area contributed by atoms with Gasteiger partial charge in [-0.1, -0.05) is 6.07 Å². The van der Waals surface area contributed by atoms with Crippen molar-refractivity contribution in [1.82, 2.24) is 4.57 Å². The molecule has 1 aliphatic heterocycles. The fourth-order valence-corrected chi connectivity index (χ4v) is 3.91. The lowest BCUT2D eigenvalue weighted by molar-refractivity contribution is -0.112. The lowest BCUT2D eigenvalue weighted by Gasteiger charge is -2.14. The molecule has 0 aliphatic carbocycles. The molecular formula is C22H25N3O2S. The Bertz CT molecular complexity index is 934. The zero-order chi connectivity index (χ0) is 20.1. The van der Waals surface area contributed by atoms with E-state index in [0.717, 1.165) is 47.8 Å². The monoisotopic (exact) mass is 395 g/mol. The number of anilines is 1. The van der Waals surface area contributed by atoms with Crippen LogP contribution in [0, 0.1) is 25.2 Å². The number of benzene rings is 1. The average Bonchev–Trinajstić information content (AvgIpc) is 3.30. The van der Waals surface area contributed by atoms with E-state index in [1.165, 1.54) is 0 Å². The maximum atomic E-state index is 12.6. The summed E-state index contributed by atoms with van der Waals surface area (Å²) in [6, 6.07) is 11.6. The van der Waals surface area contributed by atoms with E-state index in [2.05, 4.69) is 9.88 Å². The molecule has 28 heavy (non-hydrogen) atoms. The summed E-state index contributed by atoms with van der Waals surface area (Å²) in [6.45, 7) is 5.69. The largest absolute Gasteiger partial charge is 0.376 e. The van der Waals surface area contributed by atoms with Crippen LogP contribution in [0.25, 0.3) is 6.08 Å². The van der Waals surface area contributed by atoms with Crippen molar-refractivity contribution in [3.05, 3.63) is 52.9 Å². The first-order valence-electron chi connectivity index (χ1n) is 9.37. The lowest BCUT2D eigenvalue weighted by atomic mass is 10.1. The molecule has 146 valence electrons. The number of nitriles is 1. The SMILES string of the molecule is CSc1cccc(NC(=O)/C(C#N)=C/c2cc(C)n(CC3CCCO3)c2C)c1. The van der Waals surface area contributed by atoms with Crippen LogP contribution in [0.15, 0.2) is 40.8 Å². The number of hydrogen-bond acceptors (Lipinski definition) is 4. The van der Waals surface area contributed by atoms with Crippen molar-refractivity contribution in [2.45, 2.75) is 44.2 Å². The molecular weight excluding hydrogens is 370 g/mol. The van der Waals surface area contributed by atoms with Gasteiger partial charge < -0.3 is 14.6 Å². The maximum Gasteiger partial charge on any atom is 0.266 e. The summed E-state index contributed by atoms with van der Waals surface area (Å²) in [6.07, 6.45) is 6.07. The van der Waals surface area contributed by atoms with Crippen molar-refractivity contribution in [1.29, 1.82) is 5.26 Å². The molecule has 2 heterocycles. The van der Waals surface area contributed by atoms with Crippen LogP contribution < -0.4 is 5.32 Å². The summed E-state index contributed by atoms with van der Waals surface area (Å²) in [4.78, 5) is 13.6. The molecule has 0 spiro atoms. The molecule has 1 fully saturated rings. The van der Waals surface area contributed by atoms with Crippen LogP contribution in [0.3, 0.4) is 0 Å². The van der Waals surface area contributed by atoms with Crippen molar-refractivity contribution in [2.24, 2.45) is 0 Å². The van der Waals surface area contributed by atoms with Gasteiger partial charge >= 0.3 is 0 Å². The van der Waals surface area contributed by atoms with Gasteiger partial charge in [0.1, 0.15) is 11.6 Å². The summed E-state index contributed by atoms with van der Waals surface area (Å²) >= 11 is 1.60. The number of rotatable bonds is 6. The van der Waals surface area contributed by atoms with E-state index < -0.39 is 5.91 Å². The number of thioether (sulfide) groups is 1. The first-order chi connectivity index (χ1) is 13.5. The number of carbonyl (C=O) groups is 1. The van der Waals surface area contributed by atoms with Crippen LogP contribution in [0.5, 0.6) is 0 Å². The number of hydrogen-bond donors (Lipinski definition) is 1. The van der Waals surface area contributed by atoms with E-state index in [-0.39, 0.29) is 11.7 Å². The van der Waals surface area contributed by atoms with E-state index in [9.17, 15) is 10.1 Å². The van der Waals surface area contributed by atoms with Gasteiger partial charge in [-0.25, -0.2) is 0 Å². The van der Waals surface area contributed by atoms with Crippen molar-refractivity contribution >= 4 is 29.4 Å². The lowest BCUT2D eigenvalue weighted by Crippen LogP contribution is -2.17. The molecule has 1 unspecified atom stereocenters. The summed E-state index contributed by atoms with van der Waals surface area (Å²) < 4.78 is 7.95. The van der Waals surface area contributed by atoms with Crippen LogP contribution in [0.4, 0.5) is 5.69 Å². The Kier molecular flexibility index (Phi) is 6.61. The highest BCUT2D eigenvalue weighted by atomic mass is 32.2. The summed E-state index contributed by atoms with van der Waals surface area (Å²) in [5.74, 6) is -0.398. The summed E-state index contributed by atoms with van der Waals surface area (Å²) in [7, 11) is 0. The van der Waals surface area contributed by atoms with Gasteiger partial charge in [-0.15, -0.1) is 11.8 Å². The smallest absolute Gasteiger partial charge is 0.266 e. The zero-order valence-corrected chi connectivity index (χ0v) is 17.3. The van der Waals surface area contributed by atoms with Crippen LogP contribution in [-0.2, 0) is 16.1 Å². The molecule has 1 N–H and O–H groups in total. The normalized spacial score (nSPS) is 16.8. The molecule has 1 aromatic heterocycles. The van der Waals surface area contributed by atoms with E-state index >= 15 is 0 Å².